The Morgan fingerprint density at radius 1 is 1.18 bits per heavy atom. The number of nitrogens with zero attached hydrogens (tertiary/aromatic N) is 5. The van der Waals surface area contributed by atoms with Crippen molar-refractivity contribution in [3.63, 3.8) is 0 Å². The average Bonchev–Trinajstić information content (AvgIpc) is 2.86. The molecule has 0 saturated heterocycles. The first kappa shape index (κ1) is 14.0. The zero-order valence-corrected chi connectivity index (χ0v) is 12.6. The fourth-order valence-electron chi connectivity index (χ4n) is 2.60. The van der Waals surface area contributed by atoms with Crippen molar-refractivity contribution in [1.82, 2.24) is 9.55 Å². The summed E-state index contributed by atoms with van der Waals surface area (Å²) < 4.78 is 7.04. The molecular formula is C16H15N5O. The molecule has 1 heterocycles. The zero-order chi connectivity index (χ0) is 15.7. The monoisotopic (exact) mass is 293 g/mol. The number of benzene rings is 2. The second-order valence-electron chi connectivity index (χ2n) is 5.08. The van der Waals surface area contributed by atoms with Crippen LogP contribution < -0.4 is 4.74 Å². The molecule has 0 atom stereocenters. The van der Waals surface area contributed by atoms with E-state index in [1.807, 2.05) is 48.7 Å². The topological polar surface area (TPSA) is 75.8 Å². The van der Waals surface area contributed by atoms with Crippen LogP contribution in [0.3, 0.4) is 0 Å². The maximum Gasteiger partial charge on any atom is 0.202 e. The minimum Gasteiger partial charge on any atom is -0.497 e. The Morgan fingerprint density at radius 2 is 1.91 bits per heavy atom. The van der Waals surface area contributed by atoms with Crippen LogP contribution in [-0.2, 0) is 0 Å². The van der Waals surface area contributed by atoms with Crippen LogP contribution in [0.4, 0.5) is 5.95 Å². The van der Waals surface area contributed by atoms with Crippen molar-refractivity contribution in [2.24, 2.45) is 5.11 Å². The van der Waals surface area contributed by atoms with Gasteiger partial charge < -0.3 is 4.74 Å². The van der Waals surface area contributed by atoms with Gasteiger partial charge in [0, 0.05) is 10.6 Å². The molecule has 3 rings (SSSR count). The van der Waals surface area contributed by atoms with E-state index in [1.165, 1.54) is 0 Å². The van der Waals surface area contributed by atoms with E-state index in [2.05, 4.69) is 21.1 Å². The number of ether oxygens (including phenoxy) is 1. The Bertz CT molecular complexity index is 889. The summed E-state index contributed by atoms with van der Waals surface area (Å²) in [6, 6.07) is 11.7. The van der Waals surface area contributed by atoms with Gasteiger partial charge in [-0.1, -0.05) is 6.07 Å². The van der Waals surface area contributed by atoms with Gasteiger partial charge >= 0.3 is 0 Å². The molecule has 0 spiro atoms. The van der Waals surface area contributed by atoms with E-state index in [0.717, 1.165) is 33.6 Å². The van der Waals surface area contributed by atoms with Gasteiger partial charge in [0.2, 0.25) is 5.95 Å². The summed E-state index contributed by atoms with van der Waals surface area (Å²) in [5.74, 6) is 1.10. The Hall–Kier alpha value is -2.98. The third-order valence-corrected chi connectivity index (χ3v) is 3.54. The third-order valence-electron chi connectivity index (χ3n) is 3.54. The molecule has 22 heavy (non-hydrogen) atoms. The number of aryl methyl sites for hydroxylation is 2. The first-order valence-corrected chi connectivity index (χ1v) is 6.83. The molecule has 110 valence electrons. The lowest BCUT2D eigenvalue weighted by atomic mass is 10.1. The average molecular weight is 293 g/mol. The molecule has 0 bridgehead atoms. The molecule has 0 aliphatic rings. The van der Waals surface area contributed by atoms with E-state index in [1.54, 1.807) is 7.11 Å². The van der Waals surface area contributed by atoms with Gasteiger partial charge in [-0.2, -0.15) is 0 Å². The lowest BCUT2D eigenvalue weighted by Gasteiger charge is -2.08. The van der Waals surface area contributed by atoms with Gasteiger partial charge in [0.1, 0.15) is 5.75 Å². The van der Waals surface area contributed by atoms with E-state index in [-0.39, 0.29) is 0 Å². The minimum atomic E-state index is 0.330. The maximum atomic E-state index is 8.81. The molecule has 6 heteroatoms. The molecule has 0 unspecified atom stereocenters. The number of rotatable bonds is 3. The zero-order valence-electron chi connectivity index (χ0n) is 12.6. The molecule has 0 aliphatic heterocycles. The van der Waals surface area contributed by atoms with Crippen LogP contribution in [0.2, 0.25) is 0 Å². The first-order valence-electron chi connectivity index (χ1n) is 6.83. The van der Waals surface area contributed by atoms with Gasteiger partial charge in [-0.3, -0.25) is 4.57 Å². The molecule has 0 amide bonds. The lowest BCUT2D eigenvalue weighted by Crippen LogP contribution is -1.94. The maximum absolute atomic E-state index is 8.81. The highest BCUT2D eigenvalue weighted by Gasteiger charge is 2.13. The highest BCUT2D eigenvalue weighted by Crippen LogP contribution is 2.30. The van der Waals surface area contributed by atoms with Crippen molar-refractivity contribution in [3.05, 3.63) is 58.0 Å². The fraction of sp³-hybridized carbons (Fsp3) is 0.188. The Morgan fingerprint density at radius 3 is 2.55 bits per heavy atom. The molecule has 0 aliphatic carbocycles. The second-order valence-corrected chi connectivity index (χ2v) is 5.08. The standard InChI is InChI=1S/C16H15N5O/c1-10-8-11(2)15-14(9-10)21(16(18-15)19-20-17)12-4-6-13(22-3)7-5-12/h4-9H,1-3H3. The van der Waals surface area contributed by atoms with Gasteiger partial charge in [0.15, 0.2) is 0 Å². The van der Waals surface area contributed by atoms with E-state index in [4.69, 9.17) is 10.3 Å². The number of azide groups is 1. The number of hydrogen-bond acceptors (Lipinski definition) is 3. The van der Waals surface area contributed by atoms with Crippen LogP contribution in [0.5, 0.6) is 5.75 Å². The van der Waals surface area contributed by atoms with Crippen molar-refractivity contribution in [2.45, 2.75) is 13.8 Å². The largest absolute Gasteiger partial charge is 0.497 e. The summed E-state index contributed by atoms with van der Waals surface area (Å²) in [4.78, 5) is 7.36. The SMILES string of the molecule is COc1ccc(-n2c(N=[N+]=[N-])nc3c(C)cc(C)cc32)cc1. The quantitative estimate of drug-likeness (QED) is 0.402. The Kier molecular flexibility index (Phi) is 3.45. The Labute approximate surface area is 127 Å². The number of hydrogen-bond donors (Lipinski definition) is 0. The molecule has 0 saturated carbocycles. The van der Waals surface area contributed by atoms with Crippen LogP contribution in [0, 0.1) is 13.8 Å². The number of imidazole rings is 1. The number of aromatic nitrogens is 2. The van der Waals surface area contributed by atoms with E-state index < -0.39 is 0 Å². The minimum absolute atomic E-state index is 0.330. The smallest absolute Gasteiger partial charge is 0.202 e. The van der Waals surface area contributed by atoms with Crippen molar-refractivity contribution in [3.8, 4) is 11.4 Å². The number of methoxy groups -OCH3 is 1. The molecular weight excluding hydrogens is 278 g/mol. The summed E-state index contributed by atoms with van der Waals surface area (Å²) >= 11 is 0. The van der Waals surface area contributed by atoms with E-state index in [9.17, 15) is 0 Å². The molecule has 3 aromatic rings. The molecule has 0 N–H and O–H groups in total. The van der Waals surface area contributed by atoms with Crippen LogP contribution in [-0.4, -0.2) is 16.7 Å². The molecule has 0 fully saturated rings. The highest BCUT2D eigenvalue weighted by atomic mass is 16.5. The van der Waals surface area contributed by atoms with Crippen molar-refractivity contribution in [2.75, 3.05) is 7.11 Å². The molecule has 6 nitrogen and oxygen atoms in total. The third kappa shape index (κ3) is 2.25. The predicted octanol–water partition coefficient (Wildman–Crippen LogP) is 4.59. The normalized spacial score (nSPS) is 10.5. The molecule has 2 aromatic carbocycles. The van der Waals surface area contributed by atoms with Gasteiger partial charge in [0.25, 0.3) is 0 Å². The van der Waals surface area contributed by atoms with Crippen LogP contribution in [0.15, 0.2) is 41.5 Å². The summed E-state index contributed by atoms with van der Waals surface area (Å²) in [6.45, 7) is 4.03. The second kappa shape index (κ2) is 5.42. The predicted molar refractivity (Wildman–Crippen MR) is 85.9 cm³/mol. The van der Waals surface area contributed by atoms with Gasteiger partial charge in [-0.15, -0.1) is 0 Å². The fourth-order valence-corrected chi connectivity index (χ4v) is 2.60. The van der Waals surface area contributed by atoms with E-state index >= 15 is 0 Å². The van der Waals surface area contributed by atoms with Crippen LogP contribution in [0.1, 0.15) is 11.1 Å². The summed E-state index contributed by atoms with van der Waals surface area (Å²) in [6.07, 6.45) is 0. The Balaban J connectivity index is 2.33. The summed E-state index contributed by atoms with van der Waals surface area (Å²) in [5.41, 5.74) is 13.6. The molecule has 0 radical (unpaired) electrons. The lowest BCUT2D eigenvalue weighted by molar-refractivity contribution is 0.415. The summed E-state index contributed by atoms with van der Waals surface area (Å²) in [7, 11) is 1.62. The van der Waals surface area contributed by atoms with Crippen molar-refractivity contribution >= 4 is 17.0 Å². The van der Waals surface area contributed by atoms with Crippen molar-refractivity contribution in [1.29, 1.82) is 0 Å². The van der Waals surface area contributed by atoms with Crippen LogP contribution >= 0.6 is 0 Å². The van der Waals surface area contributed by atoms with Gasteiger partial charge in [-0.05, 0) is 66.0 Å². The van der Waals surface area contributed by atoms with Gasteiger partial charge in [-0.25, -0.2) is 4.98 Å². The molecule has 1 aromatic heterocycles. The van der Waals surface area contributed by atoms with Crippen molar-refractivity contribution < 1.29 is 4.74 Å². The van der Waals surface area contributed by atoms with Gasteiger partial charge in [0.05, 0.1) is 18.1 Å². The number of fused-ring (bicyclic) bond motifs is 1. The summed E-state index contributed by atoms with van der Waals surface area (Å²) in [5, 5.41) is 3.73. The highest BCUT2D eigenvalue weighted by molar-refractivity contribution is 5.84. The van der Waals surface area contributed by atoms with E-state index in [0.29, 0.717) is 5.95 Å². The first-order chi connectivity index (χ1) is 10.6. The van der Waals surface area contributed by atoms with Crippen LogP contribution in [0.25, 0.3) is 27.2 Å².